The molecule has 1 heteroatoms. The lowest BCUT2D eigenvalue weighted by Crippen LogP contribution is -2.14. The second-order valence-electron chi connectivity index (χ2n) is 4.50. The van der Waals surface area contributed by atoms with Gasteiger partial charge in [0.15, 0.2) is 0 Å². The Labute approximate surface area is 68.1 Å². The van der Waals surface area contributed by atoms with Gasteiger partial charge in [0, 0.05) is 0 Å². The number of hydrogen-bond acceptors (Lipinski definition) is 1. The highest BCUT2D eigenvalue weighted by molar-refractivity contribution is 5.16. The van der Waals surface area contributed by atoms with Crippen LogP contribution in [0.15, 0.2) is 0 Å². The molecular formula is C10H16O. The topological polar surface area (TPSA) is 12.5 Å². The highest BCUT2D eigenvalue weighted by atomic mass is 16.6. The minimum atomic E-state index is 0.474. The first-order chi connectivity index (χ1) is 5.41. The molecule has 1 unspecified atom stereocenters. The minimum Gasteiger partial charge on any atom is -0.366 e. The molecular weight excluding hydrogens is 136 g/mol. The Kier molecular flexibility index (Phi) is 1.18. The fraction of sp³-hybridized carbons (Fsp3) is 1.00. The van der Waals surface area contributed by atoms with Crippen LogP contribution in [0.5, 0.6) is 0 Å². The van der Waals surface area contributed by atoms with E-state index >= 15 is 0 Å². The molecule has 0 aromatic rings. The summed E-state index contributed by atoms with van der Waals surface area (Å²) >= 11 is 0. The smallest absolute Gasteiger partial charge is 0.0953 e. The third-order valence-electron chi connectivity index (χ3n) is 3.64. The van der Waals surface area contributed by atoms with Gasteiger partial charge in [-0.15, -0.1) is 0 Å². The maximum atomic E-state index is 5.75. The Bertz CT molecular complexity index is 166. The van der Waals surface area contributed by atoms with Crippen molar-refractivity contribution in [3.05, 3.63) is 0 Å². The molecule has 2 saturated carbocycles. The lowest BCUT2D eigenvalue weighted by Gasteiger charge is -2.19. The summed E-state index contributed by atoms with van der Waals surface area (Å²) in [7, 11) is 0. The van der Waals surface area contributed by atoms with Gasteiger partial charge >= 0.3 is 0 Å². The minimum absolute atomic E-state index is 0.474. The van der Waals surface area contributed by atoms with Gasteiger partial charge in [0.05, 0.1) is 11.7 Å². The van der Waals surface area contributed by atoms with Crippen molar-refractivity contribution in [3.8, 4) is 0 Å². The van der Waals surface area contributed by atoms with Crippen LogP contribution in [0.3, 0.4) is 0 Å². The number of ether oxygens (including phenoxy) is 1. The predicted molar refractivity (Wildman–Crippen MR) is 43.4 cm³/mol. The van der Waals surface area contributed by atoms with Gasteiger partial charge < -0.3 is 4.74 Å². The van der Waals surface area contributed by atoms with Crippen molar-refractivity contribution < 1.29 is 4.74 Å². The maximum Gasteiger partial charge on any atom is 0.0953 e. The van der Waals surface area contributed by atoms with E-state index in [4.69, 9.17) is 4.74 Å². The Morgan fingerprint density at radius 2 is 1.73 bits per heavy atom. The Hall–Kier alpha value is -0.0400. The summed E-state index contributed by atoms with van der Waals surface area (Å²) in [6.07, 6.45) is 10.7. The number of epoxide rings is 1. The SMILES string of the molecule is C1CCC(C2OC23CC3)CC1. The second-order valence-corrected chi connectivity index (χ2v) is 4.50. The quantitative estimate of drug-likeness (QED) is 0.526. The van der Waals surface area contributed by atoms with Crippen LogP contribution in [-0.4, -0.2) is 11.7 Å². The Balaban J connectivity index is 1.62. The second kappa shape index (κ2) is 2.01. The fourth-order valence-corrected chi connectivity index (χ4v) is 2.71. The van der Waals surface area contributed by atoms with Crippen molar-refractivity contribution in [1.82, 2.24) is 0 Å². The van der Waals surface area contributed by atoms with Crippen LogP contribution in [0, 0.1) is 5.92 Å². The molecule has 3 rings (SSSR count). The maximum absolute atomic E-state index is 5.75. The summed E-state index contributed by atoms with van der Waals surface area (Å²) in [5.41, 5.74) is 0.474. The van der Waals surface area contributed by atoms with E-state index in [-0.39, 0.29) is 0 Å². The van der Waals surface area contributed by atoms with Crippen LogP contribution in [-0.2, 0) is 4.74 Å². The highest BCUT2D eigenvalue weighted by Gasteiger charge is 2.67. The summed E-state index contributed by atoms with van der Waals surface area (Å²) < 4.78 is 5.75. The van der Waals surface area contributed by atoms with E-state index in [1.54, 1.807) is 0 Å². The van der Waals surface area contributed by atoms with E-state index < -0.39 is 0 Å². The van der Waals surface area contributed by atoms with Crippen molar-refractivity contribution in [3.63, 3.8) is 0 Å². The molecule has 1 spiro atoms. The summed E-state index contributed by atoms with van der Waals surface area (Å²) in [6, 6.07) is 0. The predicted octanol–water partition coefficient (Wildman–Crippen LogP) is 2.50. The summed E-state index contributed by atoms with van der Waals surface area (Å²) in [5, 5.41) is 0. The van der Waals surface area contributed by atoms with Gasteiger partial charge in [-0.05, 0) is 31.6 Å². The monoisotopic (exact) mass is 152 g/mol. The van der Waals surface area contributed by atoms with Crippen molar-refractivity contribution in [2.75, 3.05) is 0 Å². The molecule has 1 nitrogen and oxygen atoms in total. The van der Waals surface area contributed by atoms with Crippen LogP contribution < -0.4 is 0 Å². The lowest BCUT2D eigenvalue weighted by molar-refractivity contribution is 0.261. The zero-order chi connectivity index (χ0) is 7.31. The van der Waals surface area contributed by atoms with E-state index in [0.29, 0.717) is 11.7 Å². The first-order valence-electron chi connectivity index (χ1n) is 5.09. The van der Waals surface area contributed by atoms with Gasteiger partial charge in [-0.3, -0.25) is 0 Å². The third-order valence-corrected chi connectivity index (χ3v) is 3.64. The summed E-state index contributed by atoms with van der Waals surface area (Å²) in [4.78, 5) is 0. The molecule has 0 radical (unpaired) electrons. The van der Waals surface area contributed by atoms with Crippen molar-refractivity contribution in [2.24, 2.45) is 5.92 Å². The first-order valence-corrected chi connectivity index (χ1v) is 5.09. The van der Waals surface area contributed by atoms with Crippen LogP contribution >= 0.6 is 0 Å². The van der Waals surface area contributed by atoms with E-state index in [2.05, 4.69) is 0 Å². The summed E-state index contributed by atoms with van der Waals surface area (Å²) in [5.74, 6) is 0.950. The Morgan fingerprint density at radius 1 is 1.00 bits per heavy atom. The van der Waals surface area contributed by atoms with Crippen LogP contribution in [0.25, 0.3) is 0 Å². The standard InChI is InChI=1S/C10H16O/c1-2-4-8(5-3-1)9-10(11-9)6-7-10/h8-9H,1-7H2. The normalized spacial score (nSPS) is 40.9. The largest absolute Gasteiger partial charge is 0.366 e. The fourth-order valence-electron chi connectivity index (χ4n) is 2.71. The third kappa shape index (κ3) is 0.936. The molecule has 0 bridgehead atoms. The molecule has 1 heterocycles. The van der Waals surface area contributed by atoms with Gasteiger partial charge in [-0.2, -0.15) is 0 Å². The molecule has 11 heavy (non-hydrogen) atoms. The molecule has 3 fully saturated rings. The molecule has 3 aliphatic rings. The van der Waals surface area contributed by atoms with Gasteiger partial charge in [0.1, 0.15) is 0 Å². The van der Waals surface area contributed by atoms with Crippen molar-refractivity contribution >= 4 is 0 Å². The average molecular weight is 152 g/mol. The van der Waals surface area contributed by atoms with Gasteiger partial charge in [0.2, 0.25) is 0 Å². The lowest BCUT2D eigenvalue weighted by atomic mass is 9.85. The molecule has 0 aromatic carbocycles. The van der Waals surface area contributed by atoms with Gasteiger partial charge in [-0.25, -0.2) is 0 Å². The zero-order valence-electron chi connectivity index (χ0n) is 7.01. The van der Waals surface area contributed by atoms with Crippen LogP contribution in [0.4, 0.5) is 0 Å². The van der Waals surface area contributed by atoms with Crippen molar-refractivity contribution in [1.29, 1.82) is 0 Å². The van der Waals surface area contributed by atoms with E-state index in [1.165, 1.54) is 44.9 Å². The first kappa shape index (κ1) is 6.47. The van der Waals surface area contributed by atoms with E-state index in [9.17, 15) is 0 Å². The van der Waals surface area contributed by atoms with Gasteiger partial charge in [0.25, 0.3) is 0 Å². The van der Waals surface area contributed by atoms with Crippen LogP contribution in [0.2, 0.25) is 0 Å². The van der Waals surface area contributed by atoms with Gasteiger partial charge in [-0.1, -0.05) is 19.3 Å². The molecule has 2 aliphatic carbocycles. The molecule has 0 amide bonds. The summed E-state index contributed by atoms with van der Waals surface area (Å²) in [6.45, 7) is 0. The molecule has 1 atom stereocenters. The molecule has 0 N–H and O–H groups in total. The highest BCUT2D eigenvalue weighted by Crippen LogP contribution is 2.61. The molecule has 1 saturated heterocycles. The Morgan fingerprint density at radius 3 is 2.27 bits per heavy atom. The van der Waals surface area contributed by atoms with Crippen LogP contribution in [0.1, 0.15) is 44.9 Å². The molecule has 1 aliphatic heterocycles. The molecule has 62 valence electrons. The van der Waals surface area contributed by atoms with E-state index in [0.717, 1.165) is 5.92 Å². The number of hydrogen-bond donors (Lipinski definition) is 0. The number of rotatable bonds is 1. The average Bonchev–Trinajstić information content (AvgIpc) is 2.95. The zero-order valence-corrected chi connectivity index (χ0v) is 7.01. The molecule has 0 aromatic heterocycles. The van der Waals surface area contributed by atoms with Crippen molar-refractivity contribution in [2.45, 2.75) is 56.7 Å². The van der Waals surface area contributed by atoms with E-state index in [1.807, 2.05) is 0 Å².